The highest BCUT2D eigenvalue weighted by Crippen LogP contribution is 2.28. The Kier molecular flexibility index (Phi) is 6.47. The van der Waals surface area contributed by atoms with Gasteiger partial charge in [0.2, 0.25) is 5.91 Å². The van der Waals surface area contributed by atoms with Gasteiger partial charge in [-0.1, -0.05) is 29.8 Å². The second-order valence-corrected chi connectivity index (χ2v) is 8.42. The molecule has 0 bridgehead atoms. The number of carbonyl (C=O) groups excluding carboxylic acids is 1. The van der Waals surface area contributed by atoms with Crippen LogP contribution in [0.1, 0.15) is 12.8 Å². The van der Waals surface area contributed by atoms with Crippen molar-refractivity contribution in [3.8, 4) is 0 Å². The number of nitrogens with zero attached hydrogens (tertiary/aromatic N) is 2. The van der Waals surface area contributed by atoms with Crippen molar-refractivity contribution in [2.45, 2.75) is 12.8 Å². The zero-order chi connectivity index (χ0) is 21.8. The highest BCUT2D eigenvalue weighted by atomic mass is 35.5. The second-order valence-electron chi connectivity index (χ2n) is 7.98. The molecule has 0 spiro atoms. The molecule has 0 saturated carbocycles. The molecule has 2 aromatic carbocycles. The van der Waals surface area contributed by atoms with E-state index in [2.05, 4.69) is 21.2 Å². The Morgan fingerprint density at radius 1 is 0.871 bits per heavy atom. The van der Waals surface area contributed by atoms with Crippen LogP contribution in [0.15, 0.2) is 60.7 Å². The third-order valence-corrected chi connectivity index (χ3v) is 6.27. The van der Waals surface area contributed by atoms with Crippen LogP contribution in [0.4, 0.5) is 17.1 Å². The SMILES string of the molecule is O=C(O)[C@@H]1CC=CC[C@H]1C(=O)Nc1ccc(N2CCN(c3cccc(Cl)c3)CC2)cc1. The lowest BCUT2D eigenvalue weighted by Gasteiger charge is -2.37. The maximum atomic E-state index is 12.6. The van der Waals surface area contributed by atoms with E-state index in [4.69, 9.17) is 11.6 Å². The number of piperazine rings is 1. The Labute approximate surface area is 187 Å². The summed E-state index contributed by atoms with van der Waals surface area (Å²) >= 11 is 6.11. The number of aliphatic carboxylic acids is 1. The molecule has 1 heterocycles. The number of allylic oxidation sites excluding steroid dienone is 2. The summed E-state index contributed by atoms with van der Waals surface area (Å²) in [5.41, 5.74) is 2.93. The van der Waals surface area contributed by atoms with Crippen LogP contribution < -0.4 is 15.1 Å². The van der Waals surface area contributed by atoms with Gasteiger partial charge in [-0.15, -0.1) is 0 Å². The van der Waals surface area contributed by atoms with Gasteiger partial charge >= 0.3 is 5.97 Å². The molecule has 0 unspecified atom stereocenters. The monoisotopic (exact) mass is 439 g/mol. The van der Waals surface area contributed by atoms with Crippen LogP contribution >= 0.6 is 11.6 Å². The van der Waals surface area contributed by atoms with Gasteiger partial charge < -0.3 is 20.2 Å². The van der Waals surface area contributed by atoms with Gasteiger partial charge in [-0.3, -0.25) is 9.59 Å². The summed E-state index contributed by atoms with van der Waals surface area (Å²) in [6, 6.07) is 15.7. The zero-order valence-electron chi connectivity index (χ0n) is 17.2. The Morgan fingerprint density at radius 3 is 2.10 bits per heavy atom. The summed E-state index contributed by atoms with van der Waals surface area (Å²) in [7, 11) is 0. The van der Waals surface area contributed by atoms with Crippen molar-refractivity contribution in [3.05, 3.63) is 65.7 Å². The number of hydrogen-bond donors (Lipinski definition) is 2. The largest absolute Gasteiger partial charge is 0.481 e. The Hall–Kier alpha value is -2.99. The molecule has 1 aliphatic carbocycles. The van der Waals surface area contributed by atoms with E-state index in [1.54, 1.807) is 0 Å². The molecule has 31 heavy (non-hydrogen) atoms. The van der Waals surface area contributed by atoms with Gasteiger partial charge in [-0.2, -0.15) is 0 Å². The van der Waals surface area contributed by atoms with E-state index in [-0.39, 0.29) is 5.91 Å². The van der Waals surface area contributed by atoms with E-state index in [0.29, 0.717) is 18.5 Å². The smallest absolute Gasteiger partial charge is 0.307 e. The number of hydrogen-bond acceptors (Lipinski definition) is 4. The van der Waals surface area contributed by atoms with Crippen LogP contribution in [-0.2, 0) is 9.59 Å². The van der Waals surface area contributed by atoms with Crippen molar-refractivity contribution in [2.24, 2.45) is 11.8 Å². The van der Waals surface area contributed by atoms with E-state index in [0.717, 1.165) is 42.6 Å². The van der Waals surface area contributed by atoms with Crippen LogP contribution in [-0.4, -0.2) is 43.2 Å². The lowest BCUT2D eigenvalue weighted by molar-refractivity contribution is -0.146. The maximum Gasteiger partial charge on any atom is 0.307 e. The first-order chi connectivity index (χ1) is 15.0. The molecular weight excluding hydrogens is 414 g/mol. The highest BCUT2D eigenvalue weighted by molar-refractivity contribution is 6.30. The number of carbonyl (C=O) groups is 2. The molecule has 0 radical (unpaired) electrons. The van der Waals surface area contributed by atoms with Crippen LogP contribution in [0.2, 0.25) is 5.02 Å². The van der Waals surface area contributed by atoms with Crippen molar-refractivity contribution in [1.29, 1.82) is 0 Å². The lowest BCUT2D eigenvalue weighted by atomic mass is 9.82. The minimum Gasteiger partial charge on any atom is -0.481 e. The molecular formula is C24H26ClN3O3. The Balaban J connectivity index is 1.34. The third kappa shape index (κ3) is 5.02. The summed E-state index contributed by atoms with van der Waals surface area (Å²) in [6.45, 7) is 3.61. The fourth-order valence-corrected chi connectivity index (χ4v) is 4.45. The molecule has 2 aliphatic rings. The number of anilines is 3. The fraction of sp³-hybridized carbons (Fsp3) is 0.333. The van der Waals surface area contributed by atoms with Crippen LogP contribution in [0.5, 0.6) is 0 Å². The highest BCUT2D eigenvalue weighted by Gasteiger charge is 2.34. The zero-order valence-corrected chi connectivity index (χ0v) is 18.0. The van der Waals surface area contributed by atoms with Gasteiger partial charge in [0.15, 0.2) is 0 Å². The molecule has 1 fully saturated rings. The van der Waals surface area contributed by atoms with E-state index in [1.807, 2.05) is 54.6 Å². The molecule has 1 amide bonds. The van der Waals surface area contributed by atoms with Crippen LogP contribution in [0.3, 0.4) is 0 Å². The number of amides is 1. The van der Waals surface area contributed by atoms with Gasteiger partial charge in [0.1, 0.15) is 0 Å². The predicted molar refractivity (Wildman–Crippen MR) is 124 cm³/mol. The predicted octanol–water partition coefficient (Wildman–Crippen LogP) is 4.27. The average molecular weight is 440 g/mol. The number of carboxylic acids is 1. The van der Waals surface area contributed by atoms with Crippen molar-refractivity contribution in [1.82, 2.24) is 0 Å². The van der Waals surface area contributed by atoms with Crippen LogP contribution in [0.25, 0.3) is 0 Å². The van der Waals surface area contributed by atoms with E-state index in [9.17, 15) is 14.7 Å². The summed E-state index contributed by atoms with van der Waals surface area (Å²) in [5, 5.41) is 13.0. The van der Waals surface area contributed by atoms with Crippen molar-refractivity contribution in [2.75, 3.05) is 41.3 Å². The molecule has 4 rings (SSSR count). The van der Waals surface area contributed by atoms with Crippen molar-refractivity contribution >= 4 is 40.5 Å². The van der Waals surface area contributed by atoms with Gasteiger partial charge in [0.25, 0.3) is 0 Å². The standard InChI is InChI=1S/C24H26ClN3O3/c25-17-4-3-5-20(16-17)28-14-12-27(13-15-28)19-10-8-18(9-11-19)26-23(29)21-6-1-2-7-22(21)24(30)31/h1-5,8-11,16,21-22H,6-7,12-15H2,(H,26,29)(H,30,31)/t21-,22-/m1/s1. The van der Waals surface area contributed by atoms with Gasteiger partial charge in [0, 0.05) is 48.3 Å². The molecule has 0 aromatic heterocycles. The molecule has 2 aromatic rings. The summed E-state index contributed by atoms with van der Waals surface area (Å²) in [4.78, 5) is 28.7. The fourth-order valence-electron chi connectivity index (χ4n) is 4.26. The molecule has 6 nitrogen and oxygen atoms in total. The first kappa shape index (κ1) is 21.2. The van der Waals surface area contributed by atoms with E-state index < -0.39 is 17.8 Å². The summed E-state index contributed by atoms with van der Waals surface area (Å²) in [5.74, 6) is -2.36. The van der Waals surface area contributed by atoms with Crippen molar-refractivity contribution < 1.29 is 14.7 Å². The Bertz CT molecular complexity index is 968. The lowest BCUT2D eigenvalue weighted by Crippen LogP contribution is -2.46. The summed E-state index contributed by atoms with van der Waals surface area (Å²) < 4.78 is 0. The van der Waals surface area contributed by atoms with Gasteiger partial charge in [-0.25, -0.2) is 0 Å². The minimum absolute atomic E-state index is 0.236. The Morgan fingerprint density at radius 2 is 1.48 bits per heavy atom. The quantitative estimate of drug-likeness (QED) is 0.680. The van der Waals surface area contributed by atoms with E-state index >= 15 is 0 Å². The molecule has 1 saturated heterocycles. The second kappa shape index (κ2) is 9.43. The number of carboxylic acid groups (broad SMARTS) is 1. The number of rotatable bonds is 5. The number of benzene rings is 2. The molecule has 1 aliphatic heterocycles. The maximum absolute atomic E-state index is 12.6. The number of nitrogens with one attached hydrogen (secondary N) is 1. The van der Waals surface area contributed by atoms with Gasteiger partial charge in [-0.05, 0) is 55.3 Å². The molecule has 162 valence electrons. The minimum atomic E-state index is -0.920. The molecule has 2 atom stereocenters. The van der Waals surface area contributed by atoms with Gasteiger partial charge in [0.05, 0.1) is 11.8 Å². The third-order valence-electron chi connectivity index (χ3n) is 6.04. The first-order valence-electron chi connectivity index (χ1n) is 10.6. The topological polar surface area (TPSA) is 72.9 Å². The van der Waals surface area contributed by atoms with Crippen molar-refractivity contribution in [3.63, 3.8) is 0 Å². The molecule has 2 N–H and O–H groups in total. The summed E-state index contributed by atoms with van der Waals surface area (Å²) in [6.07, 6.45) is 4.57. The first-order valence-corrected chi connectivity index (χ1v) is 10.9. The van der Waals surface area contributed by atoms with E-state index in [1.165, 1.54) is 0 Å². The van der Waals surface area contributed by atoms with Crippen LogP contribution in [0, 0.1) is 11.8 Å². The molecule has 7 heteroatoms. The normalized spacial score (nSPS) is 21.1. The average Bonchev–Trinajstić information content (AvgIpc) is 2.79. The number of halogens is 1.